The number of carbonyl (C=O) groups excluding carboxylic acids is 1. The van der Waals surface area contributed by atoms with Gasteiger partial charge in [0.2, 0.25) is 0 Å². The van der Waals surface area contributed by atoms with E-state index in [9.17, 15) is 4.79 Å². The predicted octanol–water partition coefficient (Wildman–Crippen LogP) is 2.31. The van der Waals surface area contributed by atoms with Gasteiger partial charge < -0.3 is 4.42 Å². The molecule has 84 valence electrons. The largest absolute Gasteiger partial charge is 0.449 e. The minimum atomic E-state index is -0.456. The number of amides is 1. The molecule has 0 atom stereocenters. The molecule has 0 unspecified atom stereocenters. The van der Waals surface area contributed by atoms with Crippen LogP contribution in [0.4, 0.5) is 0 Å². The van der Waals surface area contributed by atoms with Crippen LogP contribution in [0, 0.1) is 13.8 Å². The molecule has 0 saturated heterocycles. The van der Waals surface area contributed by atoms with E-state index in [-0.39, 0.29) is 5.76 Å². The van der Waals surface area contributed by atoms with E-state index in [1.165, 1.54) is 0 Å². The van der Waals surface area contributed by atoms with Crippen LogP contribution in [-0.4, -0.2) is 5.91 Å². The van der Waals surface area contributed by atoms with Crippen molar-refractivity contribution in [1.29, 1.82) is 0 Å². The zero-order chi connectivity index (χ0) is 11.9. The van der Waals surface area contributed by atoms with Crippen molar-refractivity contribution in [2.75, 3.05) is 0 Å². The van der Waals surface area contributed by atoms with Crippen molar-refractivity contribution in [3.8, 4) is 0 Å². The molecular weight excluding hydrogens is 228 g/mol. The molecule has 0 radical (unpaired) electrons. The van der Waals surface area contributed by atoms with Gasteiger partial charge in [-0.05, 0) is 31.5 Å². The maximum Gasteiger partial charge on any atom is 0.301 e. The van der Waals surface area contributed by atoms with E-state index in [4.69, 9.17) is 21.9 Å². The number of nitrogens with one attached hydrogen (secondary N) is 1. The summed E-state index contributed by atoms with van der Waals surface area (Å²) in [6, 6.07) is 3.71. The summed E-state index contributed by atoms with van der Waals surface area (Å²) in [6.07, 6.45) is 0. The van der Waals surface area contributed by atoms with Crippen LogP contribution >= 0.6 is 11.6 Å². The zero-order valence-corrected chi connectivity index (χ0v) is 9.68. The molecule has 3 N–H and O–H groups in total. The maximum absolute atomic E-state index is 11.4. The van der Waals surface area contributed by atoms with E-state index >= 15 is 0 Å². The van der Waals surface area contributed by atoms with Crippen molar-refractivity contribution < 1.29 is 9.21 Å². The van der Waals surface area contributed by atoms with Gasteiger partial charge in [-0.25, -0.2) is 5.84 Å². The number of hydrazine groups is 1. The zero-order valence-electron chi connectivity index (χ0n) is 8.93. The minimum absolute atomic E-state index is 0.199. The molecule has 2 aromatic rings. The molecule has 4 nitrogen and oxygen atoms in total. The molecule has 0 aliphatic carbocycles. The van der Waals surface area contributed by atoms with Gasteiger partial charge in [0.15, 0.2) is 11.3 Å². The fourth-order valence-corrected chi connectivity index (χ4v) is 2.01. The van der Waals surface area contributed by atoms with Crippen LogP contribution in [0.2, 0.25) is 5.02 Å². The standard InChI is InChI=1S/C11H11ClN2O2/c1-5-3-7-6(2)9(11(15)14-13)16-10(7)8(12)4-5/h3-4H,13H2,1-2H3,(H,14,15). The molecule has 0 fully saturated rings. The Kier molecular flexibility index (Phi) is 2.61. The van der Waals surface area contributed by atoms with Gasteiger partial charge in [0.25, 0.3) is 0 Å². The SMILES string of the molecule is Cc1cc(Cl)c2oc(C(=O)NN)c(C)c2c1. The second-order valence-electron chi connectivity index (χ2n) is 3.65. The summed E-state index contributed by atoms with van der Waals surface area (Å²) in [5.41, 5.74) is 4.31. The Balaban J connectivity index is 2.77. The Bertz CT molecular complexity index is 575. The first-order valence-electron chi connectivity index (χ1n) is 4.74. The van der Waals surface area contributed by atoms with Crippen molar-refractivity contribution in [3.05, 3.63) is 34.0 Å². The molecule has 2 rings (SSSR count). The first-order chi connectivity index (χ1) is 7.54. The molecule has 1 aromatic heterocycles. The van der Waals surface area contributed by atoms with Gasteiger partial charge in [0.1, 0.15) is 0 Å². The molecule has 0 saturated carbocycles. The number of furan rings is 1. The number of hydrogen-bond acceptors (Lipinski definition) is 3. The highest BCUT2D eigenvalue weighted by atomic mass is 35.5. The number of carbonyl (C=O) groups is 1. The second-order valence-corrected chi connectivity index (χ2v) is 4.06. The summed E-state index contributed by atoms with van der Waals surface area (Å²) >= 11 is 6.04. The Morgan fingerprint density at radius 1 is 1.44 bits per heavy atom. The van der Waals surface area contributed by atoms with Crippen LogP contribution in [0.3, 0.4) is 0 Å². The lowest BCUT2D eigenvalue weighted by atomic mass is 10.1. The van der Waals surface area contributed by atoms with Crippen LogP contribution in [0.25, 0.3) is 11.0 Å². The lowest BCUT2D eigenvalue weighted by molar-refractivity contribution is 0.0927. The van der Waals surface area contributed by atoms with Crippen molar-refractivity contribution in [2.45, 2.75) is 13.8 Å². The fraction of sp³-hybridized carbons (Fsp3) is 0.182. The number of halogens is 1. The maximum atomic E-state index is 11.4. The second kappa shape index (κ2) is 3.81. The van der Waals surface area contributed by atoms with E-state index in [1.807, 2.05) is 18.4 Å². The topological polar surface area (TPSA) is 68.3 Å². The smallest absolute Gasteiger partial charge is 0.301 e. The molecule has 0 bridgehead atoms. The molecular formula is C11H11ClN2O2. The summed E-state index contributed by atoms with van der Waals surface area (Å²) in [5, 5.41) is 1.33. The summed E-state index contributed by atoms with van der Waals surface area (Å²) in [7, 11) is 0. The van der Waals surface area contributed by atoms with Crippen molar-refractivity contribution >= 4 is 28.5 Å². The molecule has 5 heteroatoms. The summed E-state index contributed by atoms with van der Waals surface area (Å²) in [4.78, 5) is 11.4. The third kappa shape index (κ3) is 1.56. The van der Waals surface area contributed by atoms with Crippen LogP contribution in [0.1, 0.15) is 21.7 Å². The quantitative estimate of drug-likeness (QED) is 0.455. The van der Waals surface area contributed by atoms with Crippen molar-refractivity contribution in [2.24, 2.45) is 5.84 Å². The summed E-state index contributed by atoms with van der Waals surface area (Å²) < 4.78 is 5.41. The first-order valence-corrected chi connectivity index (χ1v) is 5.12. The number of nitrogens with two attached hydrogens (primary N) is 1. The van der Waals surface area contributed by atoms with Crippen molar-refractivity contribution in [1.82, 2.24) is 5.43 Å². The first kappa shape index (κ1) is 11.0. The number of aryl methyl sites for hydroxylation is 2. The van der Waals surface area contributed by atoms with Gasteiger partial charge in [-0.1, -0.05) is 11.6 Å². The average Bonchev–Trinajstić information content (AvgIpc) is 2.56. The molecule has 16 heavy (non-hydrogen) atoms. The Morgan fingerprint density at radius 3 is 2.75 bits per heavy atom. The highest BCUT2D eigenvalue weighted by Gasteiger charge is 2.18. The van der Waals surface area contributed by atoms with E-state index in [2.05, 4.69) is 0 Å². The number of benzene rings is 1. The normalized spacial score (nSPS) is 10.8. The Hall–Kier alpha value is -1.52. The molecule has 0 spiro atoms. The Labute approximate surface area is 97.3 Å². The minimum Gasteiger partial charge on any atom is -0.449 e. The monoisotopic (exact) mass is 238 g/mol. The number of hydrogen-bond donors (Lipinski definition) is 2. The third-order valence-corrected chi connectivity index (χ3v) is 2.75. The van der Waals surface area contributed by atoms with E-state index in [0.717, 1.165) is 16.5 Å². The molecule has 1 amide bonds. The molecule has 1 aromatic carbocycles. The van der Waals surface area contributed by atoms with Crippen LogP contribution in [0.5, 0.6) is 0 Å². The van der Waals surface area contributed by atoms with Crippen LogP contribution in [-0.2, 0) is 0 Å². The fourth-order valence-electron chi connectivity index (χ4n) is 1.69. The Morgan fingerprint density at radius 2 is 2.12 bits per heavy atom. The lowest BCUT2D eigenvalue weighted by Gasteiger charge is -1.95. The van der Waals surface area contributed by atoms with Gasteiger partial charge in [-0.3, -0.25) is 10.2 Å². The number of rotatable bonds is 1. The van der Waals surface area contributed by atoms with E-state index in [1.54, 1.807) is 13.0 Å². The number of nitrogen functional groups attached to an aromatic ring is 1. The summed E-state index contributed by atoms with van der Waals surface area (Å²) in [5.74, 6) is 4.81. The molecule has 1 heterocycles. The highest BCUT2D eigenvalue weighted by molar-refractivity contribution is 6.35. The lowest BCUT2D eigenvalue weighted by Crippen LogP contribution is -2.30. The summed E-state index contributed by atoms with van der Waals surface area (Å²) in [6.45, 7) is 3.73. The van der Waals surface area contributed by atoms with Crippen LogP contribution in [0.15, 0.2) is 16.5 Å². The highest BCUT2D eigenvalue weighted by Crippen LogP contribution is 2.31. The molecule has 0 aliphatic heterocycles. The van der Waals surface area contributed by atoms with Gasteiger partial charge in [-0.15, -0.1) is 0 Å². The average molecular weight is 239 g/mol. The van der Waals surface area contributed by atoms with Gasteiger partial charge in [0.05, 0.1) is 5.02 Å². The van der Waals surface area contributed by atoms with E-state index in [0.29, 0.717) is 10.6 Å². The van der Waals surface area contributed by atoms with Gasteiger partial charge in [-0.2, -0.15) is 0 Å². The van der Waals surface area contributed by atoms with Gasteiger partial charge in [0, 0.05) is 10.9 Å². The van der Waals surface area contributed by atoms with E-state index < -0.39 is 5.91 Å². The van der Waals surface area contributed by atoms with Crippen LogP contribution < -0.4 is 11.3 Å². The number of fused-ring (bicyclic) bond motifs is 1. The van der Waals surface area contributed by atoms with Crippen molar-refractivity contribution in [3.63, 3.8) is 0 Å². The molecule has 0 aliphatic rings. The predicted molar refractivity (Wildman–Crippen MR) is 62.4 cm³/mol. The third-order valence-electron chi connectivity index (χ3n) is 2.47. The van der Waals surface area contributed by atoms with Gasteiger partial charge >= 0.3 is 5.91 Å².